The van der Waals surface area contributed by atoms with E-state index >= 15 is 0 Å². The molecule has 3 aromatic rings. The molecule has 1 saturated heterocycles. The molecule has 188 valence electrons. The Hall–Kier alpha value is -4.25. The number of esters is 1. The van der Waals surface area contributed by atoms with E-state index in [-0.39, 0.29) is 50.1 Å². The molecule has 2 amide bonds. The van der Waals surface area contributed by atoms with Crippen molar-refractivity contribution < 1.29 is 37.5 Å². The molecule has 0 unspecified atom stereocenters. The highest BCUT2D eigenvalue weighted by atomic mass is 19.1. The van der Waals surface area contributed by atoms with Crippen molar-refractivity contribution >= 4 is 23.7 Å². The molecule has 4 rings (SSSR count). The number of carbonyl (C=O) groups is 3. The van der Waals surface area contributed by atoms with Gasteiger partial charge in [0.1, 0.15) is 30.8 Å². The van der Waals surface area contributed by atoms with E-state index in [0.29, 0.717) is 11.4 Å². The van der Waals surface area contributed by atoms with Crippen LogP contribution in [0.25, 0.3) is 11.3 Å². The Labute approximate surface area is 205 Å². The first kappa shape index (κ1) is 24.9. The molecule has 36 heavy (non-hydrogen) atoms. The summed E-state index contributed by atoms with van der Waals surface area (Å²) in [5, 5.41) is 6.40. The van der Waals surface area contributed by atoms with Crippen LogP contribution in [0.3, 0.4) is 0 Å². The molecule has 1 atom stereocenters. The van der Waals surface area contributed by atoms with Crippen LogP contribution < -0.4 is 10.2 Å². The zero-order valence-electron chi connectivity index (χ0n) is 19.4. The standard InChI is InChI=1S/C25H24FN3O7/c1-16(30)27-11-20-12-29(25(32)35-20)19-7-8-21(22(26)10-19)23-9-18(28-36-23)14-34-24(31)15-33-13-17-5-3-2-4-6-17/h2-10,20H,11-15H2,1H3,(H,27,30)/t20-/m0/s1. The van der Waals surface area contributed by atoms with Crippen LogP contribution in [0.15, 0.2) is 59.1 Å². The fourth-order valence-electron chi connectivity index (χ4n) is 3.50. The van der Waals surface area contributed by atoms with Crippen molar-refractivity contribution in [3.63, 3.8) is 0 Å². The number of nitrogens with zero attached hydrogens (tertiary/aromatic N) is 2. The van der Waals surface area contributed by atoms with Crippen molar-refractivity contribution in [3.8, 4) is 11.3 Å². The minimum absolute atomic E-state index is 0.123. The molecule has 0 aliphatic carbocycles. The van der Waals surface area contributed by atoms with Crippen molar-refractivity contribution in [2.24, 2.45) is 0 Å². The van der Waals surface area contributed by atoms with Crippen LogP contribution >= 0.6 is 0 Å². The SMILES string of the molecule is CC(=O)NC[C@H]1CN(c2ccc(-c3cc(COC(=O)COCc4ccccc4)no3)c(F)c2)C(=O)O1. The Balaban J connectivity index is 1.29. The highest BCUT2D eigenvalue weighted by molar-refractivity contribution is 5.90. The van der Waals surface area contributed by atoms with E-state index in [0.717, 1.165) is 5.56 Å². The highest BCUT2D eigenvalue weighted by Crippen LogP contribution is 2.29. The van der Waals surface area contributed by atoms with Gasteiger partial charge in [0.25, 0.3) is 0 Å². The summed E-state index contributed by atoms with van der Waals surface area (Å²) in [6.07, 6.45) is -1.17. The third-order valence-electron chi connectivity index (χ3n) is 5.25. The van der Waals surface area contributed by atoms with Crippen molar-refractivity contribution in [3.05, 3.63) is 71.7 Å². The van der Waals surface area contributed by atoms with Crippen molar-refractivity contribution in [1.82, 2.24) is 10.5 Å². The molecule has 2 heterocycles. The third kappa shape index (κ3) is 6.45. The van der Waals surface area contributed by atoms with Crippen LogP contribution in [-0.4, -0.2) is 48.9 Å². The minimum atomic E-state index is -0.639. The number of cyclic esters (lactones) is 1. The normalized spacial score (nSPS) is 15.0. The predicted molar refractivity (Wildman–Crippen MR) is 124 cm³/mol. The highest BCUT2D eigenvalue weighted by Gasteiger charge is 2.32. The molecule has 0 spiro atoms. The lowest BCUT2D eigenvalue weighted by Crippen LogP contribution is -2.33. The summed E-state index contributed by atoms with van der Waals surface area (Å²) in [5.41, 5.74) is 1.66. The zero-order valence-corrected chi connectivity index (χ0v) is 19.4. The third-order valence-corrected chi connectivity index (χ3v) is 5.25. The number of carbonyl (C=O) groups excluding carboxylic acids is 3. The lowest BCUT2D eigenvalue weighted by atomic mass is 10.1. The average Bonchev–Trinajstić information content (AvgIpc) is 3.48. The molecule has 1 aliphatic heterocycles. The van der Waals surface area contributed by atoms with Crippen LogP contribution in [0.4, 0.5) is 14.9 Å². The van der Waals surface area contributed by atoms with Gasteiger partial charge in [-0.3, -0.25) is 9.69 Å². The van der Waals surface area contributed by atoms with Gasteiger partial charge >= 0.3 is 12.1 Å². The van der Waals surface area contributed by atoms with Gasteiger partial charge in [0, 0.05) is 13.0 Å². The second-order valence-corrected chi connectivity index (χ2v) is 8.04. The lowest BCUT2D eigenvalue weighted by Gasteiger charge is -2.14. The molecule has 0 bridgehead atoms. The van der Waals surface area contributed by atoms with Gasteiger partial charge in [0.05, 0.1) is 30.9 Å². The molecule has 1 N–H and O–H groups in total. The van der Waals surface area contributed by atoms with Crippen molar-refractivity contribution in [2.75, 3.05) is 24.6 Å². The summed E-state index contributed by atoms with van der Waals surface area (Å²) in [5.74, 6) is -1.31. The number of rotatable bonds is 10. The topological polar surface area (TPSA) is 120 Å². The molecule has 1 fully saturated rings. The number of anilines is 1. The average molecular weight is 497 g/mol. The Bertz CT molecular complexity index is 1230. The van der Waals surface area contributed by atoms with Crippen LogP contribution in [0, 0.1) is 5.82 Å². The van der Waals surface area contributed by atoms with Crippen LogP contribution in [0.2, 0.25) is 0 Å². The van der Waals surface area contributed by atoms with Gasteiger partial charge in [0.15, 0.2) is 5.76 Å². The Morgan fingerprint density at radius 2 is 1.97 bits per heavy atom. The molecule has 11 heteroatoms. The van der Waals surface area contributed by atoms with Gasteiger partial charge in [-0.2, -0.15) is 0 Å². The maximum atomic E-state index is 14.8. The maximum absolute atomic E-state index is 14.8. The van der Waals surface area contributed by atoms with Crippen LogP contribution in [-0.2, 0) is 37.0 Å². The molecule has 10 nitrogen and oxygen atoms in total. The Morgan fingerprint density at radius 1 is 1.17 bits per heavy atom. The number of amides is 2. The van der Waals surface area contributed by atoms with E-state index in [4.69, 9.17) is 18.7 Å². The quantitative estimate of drug-likeness (QED) is 0.424. The maximum Gasteiger partial charge on any atom is 0.414 e. The Morgan fingerprint density at radius 3 is 2.72 bits per heavy atom. The molecule has 1 aliphatic rings. The monoisotopic (exact) mass is 497 g/mol. The summed E-state index contributed by atoms with van der Waals surface area (Å²) in [4.78, 5) is 36.4. The molecule has 0 saturated carbocycles. The first-order valence-corrected chi connectivity index (χ1v) is 11.1. The smallest absolute Gasteiger partial charge is 0.414 e. The molecule has 1 aromatic heterocycles. The van der Waals surface area contributed by atoms with E-state index < -0.39 is 24.0 Å². The fourth-order valence-corrected chi connectivity index (χ4v) is 3.50. The minimum Gasteiger partial charge on any atom is -0.457 e. The number of hydrogen-bond donors (Lipinski definition) is 1. The fraction of sp³-hybridized carbons (Fsp3) is 0.280. The van der Waals surface area contributed by atoms with Crippen molar-refractivity contribution in [1.29, 1.82) is 0 Å². The van der Waals surface area contributed by atoms with Crippen LogP contribution in [0.5, 0.6) is 0 Å². The number of nitrogens with one attached hydrogen (secondary N) is 1. The summed E-state index contributed by atoms with van der Waals surface area (Å²) in [6, 6.07) is 15.1. The van der Waals surface area contributed by atoms with Gasteiger partial charge < -0.3 is 24.1 Å². The Kier molecular flexibility index (Phi) is 7.91. The number of halogens is 1. The van der Waals surface area contributed by atoms with Gasteiger partial charge in [-0.05, 0) is 23.8 Å². The van der Waals surface area contributed by atoms with E-state index in [1.807, 2.05) is 30.3 Å². The van der Waals surface area contributed by atoms with E-state index in [2.05, 4.69) is 10.5 Å². The molecular formula is C25H24FN3O7. The zero-order chi connectivity index (χ0) is 25.5. The van der Waals surface area contributed by atoms with Crippen molar-refractivity contribution in [2.45, 2.75) is 26.2 Å². The van der Waals surface area contributed by atoms with Gasteiger partial charge in [0.2, 0.25) is 5.91 Å². The second kappa shape index (κ2) is 11.5. The summed E-state index contributed by atoms with van der Waals surface area (Å²) in [6.45, 7) is 1.60. The first-order valence-electron chi connectivity index (χ1n) is 11.1. The second-order valence-electron chi connectivity index (χ2n) is 8.04. The largest absolute Gasteiger partial charge is 0.457 e. The summed E-state index contributed by atoms with van der Waals surface area (Å²) >= 11 is 0. The number of ether oxygens (including phenoxy) is 3. The predicted octanol–water partition coefficient (Wildman–Crippen LogP) is 3.20. The number of hydrogen-bond acceptors (Lipinski definition) is 8. The lowest BCUT2D eigenvalue weighted by molar-refractivity contribution is -0.150. The van der Waals surface area contributed by atoms with Crippen LogP contribution in [0.1, 0.15) is 18.2 Å². The van der Waals surface area contributed by atoms with Gasteiger partial charge in [-0.15, -0.1) is 0 Å². The molecule has 0 radical (unpaired) electrons. The summed E-state index contributed by atoms with van der Waals surface area (Å²) < 4.78 is 35.7. The number of aromatic nitrogens is 1. The molecule has 2 aromatic carbocycles. The van der Waals surface area contributed by atoms with E-state index in [1.165, 1.54) is 30.0 Å². The van der Waals surface area contributed by atoms with E-state index in [9.17, 15) is 18.8 Å². The van der Waals surface area contributed by atoms with Gasteiger partial charge in [-0.25, -0.2) is 14.0 Å². The molecular weight excluding hydrogens is 473 g/mol. The number of benzene rings is 2. The first-order chi connectivity index (χ1) is 17.4. The van der Waals surface area contributed by atoms with E-state index in [1.54, 1.807) is 6.07 Å². The summed E-state index contributed by atoms with van der Waals surface area (Å²) in [7, 11) is 0. The van der Waals surface area contributed by atoms with Gasteiger partial charge in [-0.1, -0.05) is 35.5 Å².